The molecule has 7 heteroatoms. The third-order valence-electron chi connectivity index (χ3n) is 4.42. The van der Waals surface area contributed by atoms with Crippen molar-refractivity contribution in [1.82, 2.24) is 14.6 Å². The first-order chi connectivity index (χ1) is 13.0. The van der Waals surface area contributed by atoms with Crippen LogP contribution in [0.25, 0.3) is 28.2 Å². The SMILES string of the molecule is COc1ccc(-c2nn3c(-c4c(O)cc(C)oc4=O)ccnc3c2C)cc1. The van der Waals surface area contributed by atoms with Crippen molar-refractivity contribution in [1.29, 1.82) is 0 Å². The number of methoxy groups -OCH3 is 1. The minimum atomic E-state index is -0.626. The van der Waals surface area contributed by atoms with Gasteiger partial charge in [-0.2, -0.15) is 5.10 Å². The lowest BCUT2D eigenvalue weighted by Gasteiger charge is -2.06. The maximum Gasteiger partial charge on any atom is 0.349 e. The Labute approximate surface area is 154 Å². The average Bonchev–Trinajstić information content (AvgIpc) is 2.99. The van der Waals surface area contributed by atoms with Crippen molar-refractivity contribution in [3.8, 4) is 34.0 Å². The summed E-state index contributed by atoms with van der Waals surface area (Å²) in [6.07, 6.45) is 1.58. The summed E-state index contributed by atoms with van der Waals surface area (Å²) in [6, 6.07) is 10.6. The molecule has 3 aromatic heterocycles. The largest absolute Gasteiger partial charge is 0.507 e. The van der Waals surface area contributed by atoms with Crippen LogP contribution in [-0.4, -0.2) is 26.8 Å². The summed E-state index contributed by atoms with van der Waals surface area (Å²) in [5.74, 6) is 0.929. The van der Waals surface area contributed by atoms with Gasteiger partial charge < -0.3 is 14.3 Å². The van der Waals surface area contributed by atoms with E-state index in [4.69, 9.17) is 9.15 Å². The van der Waals surface area contributed by atoms with Crippen LogP contribution in [0.15, 0.2) is 51.8 Å². The summed E-state index contributed by atoms with van der Waals surface area (Å²) < 4.78 is 11.9. The minimum absolute atomic E-state index is 0.0526. The van der Waals surface area contributed by atoms with E-state index < -0.39 is 5.63 Å². The van der Waals surface area contributed by atoms with Crippen molar-refractivity contribution >= 4 is 5.65 Å². The molecule has 1 N–H and O–H groups in total. The number of aromatic nitrogens is 3. The fourth-order valence-electron chi connectivity index (χ4n) is 3.10. The monoisotopic (exact) mass is 363 g/mol. The first-order valence-corrected chi connectivity index (χ1v) is 8.32. The van der Waals surface area contributed by atoms with E-state index in [0.29, 0.717) is 17.1 Å². The second-order valence-electron chi connectivity index (χ2n) is 6.17. The minimum Gasteiger partial charge on any atom is -0.507 e. The highest BCUT2D eigenvalue weighted by molar-refractivity contribution is 5.74. The molecule has 4 rings (SSSR count). The van der Waals surface area contributed by atoms with E-state index in [1.165, 1.54) is 6.07 Å². The third kappa shape index (κ3) is 2.73. The second kappa shape index (κ2) is 6.28. The molecular formula is C20H17N3O4. The van der Waals surface area contributed by atoms with Gasteiger partial charge in [-0.15, -0.1) is 0 Å². The summed E-state index contributed by atoms with van der Waals surface area (Å²) in [4.78, 5) is 16.7. The van der Waals surface area contributed by atoms with Gasteiger partial charge in [0.1, 0.15) is 22.8 Å². The van der Waals surface area contributed by atoms with E-state index in [-0.39, 0.29) is 11.3 Å². The molecule has 0 unspecified atom stereocenters. The zero-order valence-corrected chi connectivity index (χ0v) is 15.1. The van der Waals surface area contributed by atoms with Crippen molar-refractivity contribution in [2.24, 2.45) is 0 Å². The Kier molecular flexibility index (Phi) is 3.92. The number of nitrogens with zero attached hydrogens (tertiary/aromatic N) is 3. The second-order valence-corrected chi connectivity index (χ2v) is 6.17. The number of fused-ring (bicyclic) bond motifs is 1. The molecule has 7 nitrogen and oxygen atoms in total. The zero-order chi connectivity index (χ0) is 19.1. The Morgan fingerprint density at radius 2 is 1.89 bits per heavy atom. The van der Waals surface area contributed by atoms with Crippen molar-refractivity contribution in [3.63, 3.8) is 0 Å². The lowest BCUT2D eigenvalue weighted by molar-refractivity contribution is 0.415. The highest BCUT2D eigenvalue weighted by Gasteiger charge is 2.19. The van der Waals surface area contributed by atoms with Gasteiger partial charge in [0.05, 0.1) is 18.5 Å². The van der Waals surface area contributed by atoms with Crippen molar-refractivity contribution in [3.05, 3.63) is 64.3 Å². The van der Waals surface area contributed by atoms with Gasteiger partial charge in [0, 0.05) is 23.4 Å². The zero-order valence-electron chi connectivity index (χ0n) is 15.1. The molecule has 136 valence electrons. The number of ether oxygens (including phenoxy) is 1. The molecule has 0 aliphatic heterocycles. The number of aromatic hydroxyl groups is 1. The van der Waals surface area contributed by atoms with Crippen LogP contribution >= 0.6 is 0 Å². The Morgan fingerprint density at radius 1 is 1.15 bits per heavy atom. The molecule has 0 bridgehead atoms. The Morgan fingerprint density at radius 3 is 2.56 bits per heavy atom. The highest BCUT2D eigenvalue weighted by Crippen LogP contribution is 2.31. The lowest BCUT2D eigenvalue weighted by atomic mass is 10.1. The van der Waals surface area contributed by atoms with Crippen LogP contribution < -0.4 is 10.4 Å². The normalized spacial score (nSPS) is 11.1. The summed E-state index contributed by atoms with van der Waals surface area (Å²) in [5, 5.41) is 14.9. The fourth-order valence-corrected chi connectivity index (χ4v) is 3.10. The maximum absolute atomic E-state index is 12.3. The number of aryl methyl sites for hydroxylation is 2. The van der Waals surface area contributed by atoms with Crippen molar-refractivity contribution in [2.75, 3.05) is 7.11 Å². The summed E-state index contributed by atoms with van der Waals surface area (Å²) in [7, 11) is 1.61. The molecule has 0 radical (unpaired) electrons. The molecule has 0 spiro atoms. The van der Waals surface area contributed by atoms with Gasteiger partial charge >= 0.3 is 5.63 Å². The number of hydrogen-bond acceptors (Lipinski definition) is 6. The highest BCUT2D eigenvalue weighted by atomic mass is 16.5. The first-order valence-electron chi connectivity index (χ1n) is 8.32. The van der Waals surface area contributed by atoms with Crippen LogP contribution in [0.1, 0.15) is 11.3 Å². The molecule has 0 saturated heterocycles. The van der Waals surface area contributed by atoms with Crippen molar-refractivity contribution in [2.45, 2.75) is 13.8 Å². The lowest BCUT2D eigenvalue weighted by Crippen LogP contribution is -2.08. The number of rotatable bonds is 3. The molecule has 0 fully saturated rings. The smallest absolute Gasteiger partial charge is 0.349 e. The van der Waals surface area contributed by atoms with E-state index in [2.05, 4.69) is 10.1 Å². The van der Waals surface area contributed by atoms with E-state index in [9.17, 15) is 9.90 Å². The van der Waals surface area contributed by atoms with E-state index in [1.54, 1.807) is 30.8 Å². The standard InChI is InChI=1S/C20H17N3O4/c1-11-10-16(24)17(20(25)27-11)15-8-9-21-19-12(2)18(22-23(15)19)13-4-6-14(26-3)7-5-13/h4-10,24H,1-3H3. The number of hydrogen-bond donors (Lipinski definition) is 1. The van der Waals surface area contributed by atoms with E-state index in [0.717, 1.165) is 22.6 Å². The predicted octanol–water partition coefficient (Wildman–Crippen LogP) is 3.35. The summed E-state index contributed by atoms with van der Waals surface area (Å²) >= 11 is 0. The van der Waals surface area contributed by atoms with Crippen molar-refractivity contribution < 1.29 is 14.3 Å². The Balaban J connectivity index is 1.96. The van der Waals surface area contributed by atoms with Gasteiger partial charge in [0.25, 0.3) is 0 Å². The van der Waals surface area contributed by atoms with Gasteiger partial charge in [0.2, 0.25) is 0 Å². The summed E-state index contributed by atoms with van der Waals surface area (Å²) in [6.45, 7) is 3.52. The van der Waals surface area contributed by atoms with Crippen LogP contribution in [-0.2, 0) is 0 Å². The predicted molar refractivity (Wildman–Crippen MR) is 100 cm³/mol. The van der Waals surface area contributed by atoms with Crippen LogP contribution in [0.2, 0.25) is 0 Å². The van der Waals surface area contributed by atoms with E-state index >= 15 is 0 Å². The van der Waals surface area contributed by atoms with Gasteiger partial charge in [-0.25, -0.2) is 14.3 Å². The van der Waals surface area contributed by atoms with Gasteiger partial charge in [-0.3, -0.25) is 0 Å². The third-order valence-corrected chi connectivity index (χ3v) is 4.42. The summed E-state index contributed by atoms with van der Waals surface area (Å²) in [5.41, 5.74) is 2.92. The molecule has 3 heterocycles. The Bertz CT molecular complexity index is 1210. The molecule has 1 aromatic carbocycles. The fraction of sp³-hybridized carbons (Fsp3) is 0.150. The molecule has 0 aliphatic rings. The molecule has 0 saturated carbocycles. The quantitative estimate of drug-likeness (QED) is 0.600. The van der Waals surface area contributed by atoms with Gasteiger partial charge in [0.15, 0.2) is 5.65 Å². The Hall–Kier alpha value is -3.61. The van der Waals surface area contributed by atoms with Crippen LogP contribution in [0.4, 0.5) is 0 Å². The maximum atomic E-state index is 12.3. The van der Waals surface area contributed by atoms with Gasteiger partial charge in [-0.05, 0) is 44.2 Å². The topological polar surface area (TPSA) is 89.9 Å². The van der Waals surface area contributed by atoms with Gasteiger partial charge in [-0.1, -0.05) is 0 Å². The average molecular weight is 363 g/mol. The molecular weight excluding hydrogens is 346 g/mol. The van der Waals surface area contributed by atoms with E-state index in [1.807, 2.05) is 31.2 Å². The molecule has 0 aliphatic carbocycles. The molecule has 0 amide bonds. The van der Waals surface area contributed by atoms with Crippen LogP contribution in [0.3, 0.4) is 0 Å². The molecule has 27 heavy (non-hydrogen) atoms. The molecule has 4 aromatic rings. The van der Waals surface area contributed by atoms with Crippen LogP contribution in [0, 0.1) is 13.8 Å². The first kappa shape index (κ1) is 16.8. The number of benzene rings is 1. The molecule has 0 atom stereocenters. The van der Waals surface area contributed by atoms with Crippen LogP contribution in [0.5, 0.6) is 11.5 Å².